The van der Waals surface area contributed by atoms with Gasteiger partial charge >= 0.3 is 0 Å². The van der Waals surface area contributed by atoms with Gasteiger partial charge in [-0.05, 0) is 53.5 Å². The molecule has 1 aliphatic heterocycles. The van der Waals surface area contributed by atoms with Crippen molar-refractivity contribution in [3.05, 3.63) is 64.7 Å². The lowest BCUT2D eigenvalue weighted by Crippen LogP contribution is -2.30. The zero-order valence-electron chi connectivity index (χ0n) is 12.4. The van der Waals surface area contributed by atoms with Crippen molar-refractivity contribution < 1.29 is 0 Å². The molecule has 0 atom stereocenters. The molecule has 1 heterocycles. The lowest BCUT2D eigenvalue weighted by molar-refractivity contribution is 0.246. The zero-order valence-corrected chi connectivity index (χ0v) is 12.4. The largest absolute Gasteiger partial charge is 0.398 e. The van der Waals surface area contributed by atoms with Crippen molar-refractivity contribution in [3.63, 3.8) is 0 Å². The summed E-state index contributed by atoms with van der Waals surface area (Å²) in [6.45, 7) is 3.13. The van der Waals surface area contributed by atoms with Gasteiger partial charge in [-0.1, -0.05) is 36.4 Å². The predicted octanol–water partition coefficient (Wildman–Crippen LogP) is 3.70. The second kappa shape index (κ2) is 5.19. The highest BCUT2D eigenvalue weighted by Gasteiger charge is 2.23. The SMILES string of the molecule is Nc1cccc2c1CN(Cc1ccc(C3CC3)cc1)CC2. The molecule has 2 aromatic carbocycles. The minimum atomic E-state index is 0.848. The molecule has 0 bridgehead atoms. The molecule has 2 aliphatic rings. The van der Waals surface area contributed by atoms with E-state index in [-0.39, 0.29) is 0 Å². The Morgan fingerprint density at radius 3 is 2.62 bits per heavy atom. The van der Waals surface area contributed by atoms with Crippen molar-refractivity contribution in [1.29, 1.82) is 0 Å². The quantitative estimate of drug-likeness (QED) is 0.867. The maximum atomic E-state index is 6.13. The topological polar surface area (TPSA) is 29.3 Å². The number of fused-ring (bicyclic) bond motifs is 1. The van der Waals surface area contributed by atoms with Crippen molar-refractivity contribution in [3.8, 4) is 0 Å². The van der Waals surface area contributed by atoms with Gasteiger partial charge in [0.2, 0.25) is 0 Å². The molecule has 0 unspecified atom stereocenters. The molecule has 0 aromatic heterocycles. The third-order valence-electron chi connectivity index (χ3n) is 4.82. The lowest BCUT2D eigenvalue weighted by Gasteiger charge is -2.29. The van der Waals surface area contributed by atoms with Crippen molar-refractivity contribution in [2.75, 3.05) is 12.3 Å². The number of nitrogens with two attached hydrogens (primary N) is 1. The Morgan fingerprint density at radius 2 is 1.86 bits per heavy atom. The molecule has 1 aliphatic carbocycles. The van der Waals surface area contributed by atoms with Crippen LogP contribution in [0.15, 0.2) is 42.5 Å². The molecular weight excluding hydrogens is 256 g/mol. The monoisotopic (exact) mass is 278 g/mol. The van der Waals surface area contributed by atoms with Gasteiger partial charge in [0.25, 0.3) is 0 Å². The van der Waals surface area contributed by atoms with Crippen LogP contribution >= 0.6 is 0 Å². The van der Waals surface area contributed by atoms with E-state index in [1.54, 1.807) is 0 Å². The number of hydrogen-bond donors (Lipinski definition) is 1. The fourth-order valence-corrected chi connectivity index (χ4v) is 3.37. The summed E-state index contributed by atoms with van der Waals surface area (Å²) in [5.74, 6) is 0.848. The third kappa shape index (κ3) is 2.68. The number of rotatable bonds is 3. The number of nitrogen functional groups attached to an aromatic ring is 1. The van der Waals surface area contributed by atoms with Gasteiger partial charge < -0.3 is 5.73 Å². The second-order valence-electron chi connectivity index (χ2n) is 6.46. The van der Waals surface area contributed by atoms with Crippen molar-refractivity contribution in [2.24, 2.45) is 0 Å². The molecule has 2 heteroatoms. The second-order valence-corrected chi connectivity index (χ2v) is 6.46. The highest BCUT2D eigenvalue weighted by Crippen LogP contribution is 2.40. The lowest BCUT2D eigenvalue weighted by atomic mass is 9.97. The average molecular weight is 278 g/mol. The van der Waals surface area contributed by atoms with Crippen LogP contribution in [0.4, 0.5) is 5.69 Å². The molecule has 0 saturated heterocycles. The summed E-state index contributed by atoms with van der Waals surface area (Å²) in [5.41, 5.74) is 12.8. The first kappa shape index (κ1) is 12.9. The standard InChI is InChI=1S/C19H22N2/c20-19-3-1-2-17-10-11-21(13-18(17)19)12-14-4-6-15(7-5-14)16-8-9-16/h1-7,16H,8-13,20H2. The van der Waals surface area contributed by atoms with Crippen LogP contribution in [-0.4, -0.2) is 11.4 Å². The molecule has 2 nitrogen and oxygen atoms in total. The van der Waals surface area contributed by atoms with E-state index in [0.717, 1.165) is 37.7 Å². The van der Waals surface area contributed by atoms with Crippen LogP contribution in [0.25, 0.3) is 0 Å². The summed E-state index contributed by atoms with van der Waals surface area (Å²) in [6.07, 6.45) is 3.86. The van der Waals surface area contributed by atoms with E-state index in [2.05, 4.69) is 41.3 Å². The summed E-state index contributed by atoms with van der Waals surface area (Å²) in [5, 5.41) is 0. The normalized spacial score (nSPS) is 18.5. The maximum absolute atomic E-state index is 6.13. The summed E-state index contributed by atoms with van der Waals surface area (Å²) >= 11 is 0. The van der Waals surface area contributed by atoms with E-state index in [1.165, 1.54) is 35.1 Å². The summed E-state index contributed by atoms with van der Waals surface area (Å²) in [6, 6.07) is 15.5. The van der Waals surface area contributed by atoms with Gasteiger partial charge in [0.05, 0.1) is 0 Å². The summed E-state index contributed by atoms with van der Waals surface area (Å²) in [7, 11) is 0. The molecule has 0 spiro atoms. The van der Waals surface area contributed by atoms with Crippen molar-refractivity contribution in [2.45, 2.75) is 38.3 Å². The van der Waals surface area contributed by atoms with Crippen LogP contribution in [0.5, 0.6) is 0 Å². The third-order valence-corrected chi connectivity index (χ3v) is 4.82. The molecule has 1 fully saturated rings. The van der Waals surface area contributed by atoms with Crippen LogP contribution in [0, 0.1) is 0 Å². The van der Waals surface area contributed by atoms with Crippen LogP contribution in [-0.2, 0) is 19.5 Å². The first-order chi connectivity index (χ1) is 10.3. The molecule has 2 aromatic rings. The number of nitrogens with zero attached hydrogens (tertiary/aromatic N) is 1. The predicted molar refractivity (Wildman–Crippen MR) is 87.1 cm³/mol. The molecule has 4 rings (SSSR count). The van der Waals surface area contributed by atoms with Gasteiger partial charge in [-0.15, -0.1) is 0 Å². The van der Waals surface area contributed by atoms with Crippen LogP contribution < -0.4 is 5.73 Å². The molecule has 0 radical (unpaired) electrons. The Bertz CT molecular complexity index is 641. The maximum Gasteiger partial charge on any atom is 0.0362 e. The number of anilines is 1. The fourth-order valence-electron chi connectivity index (χ4n) is 3.37. The van der Waals surface area contributed by atoms with E-state index < -0.39 is 0 Å². The Balaban J connectivity index is 1.47. The Hall–Kier alpha value is -1.80. The van der Waals surface area contributed by atoms with Crippen molar-refractivity contribution in [1.82, 2.24) is 4.90 Å². The van der Waals surface area contributed by atoms with E-state index in [9.17, 15) is 0 Å². The molecule has 21 heavy (non-hydrogen) atoms. The molecular formula is C19H22N2. The van der Waals surface area contributed by atoms with E-state index in [1.807, 2.05) is 6.07 Å². The van der Waals surface area contributed by atoms with Crippen molar-refractivity contribution >= 4 is 5.69 Å². The zero-order chi connectivity index (χ0) is 14.2. The summed E-state index contributed by atoms with van der Waals surface area (Å²) < 4.78 is 0. The molecule has 1 saturated carbocycles. The van der Waals surface area contributed by atoms with Gasteiger partial charge in [-0.3, -0.25) is 4.90 Å². The first-order valence-corrected chi connectivity index (χ1v) is 7.97. The van der Waals surface area contributed by atoms with Gasteiger partial charge in [-0.2, -0.15) is 0 Å². The van der Waals surface area contributed by atoms with Gasteiger partial charge in [-0.25, -0.2) is 0 Å². The van der Waals surface area contributed by atoms with Gasteiger partial charge in [0.1, 0.15) is 0 Å². The van der Waals surface area contributed by atoms with E-state index in [4.69, 9.17) is 5.73 Å². The van der Waals surface area contributed by atoms with Crippen LogP contribution in [0.1, 0.15) is 41.0 Å². The van der Waals surface area contributed by atoms with Gasteiger partial charge in [0, 0.05) is 25.3 Å². The highest BCUT2D eigenvalue weighted by molar-refractivity contribution is 5.51. The minimum Gasteiger partial charge on any atom is -0.398 e. The smallest absolute Gasteiger partial charge is 0.0362 e. The van der Waals surface area contributed by atoms with E-state index >= 15 is 0 Å². The van der Waals surface area contributed by atoms with Crippen LogP contribution in [0.3, 0.4) is 0 Å². The first-order valence-electron chi connectivity index (χ1n) is 7.97. The summed E-state index contributed by atoms with van der Waals surface area (Å²) in [4.78, 5) is 2.50. The average Bonchev–Trinajstić information content (AvgIpc) is 3.34. The van der Waals surface area contributed by atoms with Gasteiger partial charge in [0.15, 0.2) is 0 Å². The number of benzene rings is 2. The number of hydrogen-bond acceptors (Lipinski definition) is 2. The highest BCUT2D eigenvalue weighted by atomic mass is 15.1. The Kier molecular flexibility index (Phi) is 3.19. The molecule has 0 amide bonds. The molecule has 2 N–H and O–H groups in total. The Morgan fingerprint density at radius 1 is 1.05 bits per heavy atom. The minimum absolute atomic E-state index is 0.848. The fraction of sp³-hybridized carbons (Fsp3) is 0.368. The molecule has 108 valence electrons. The van der Waals surface area contributed by atoms with E-state index in [0.29, 0.717) is 0 Å². The Labute approximate surface area is 126 Å². The van der Waals surface area contributed by atoms with Crippen LogP contribution in [0.2, 0.25) is 0 Å².